The maximum Gasteiger partial charge on any atom is 0.358 e. The van der Waals surface area contributed by atoms with Gasteiger partial charge in [0.15, 0.2) is 5.16 Å². The van der Waals surface area contributed by atoms with Crippen LogP contribution in [0.5, 0.6) is 0 Å². The normalized spacial score (nSPS) is 10.7. The highest BCUT2D eigenvalue weighted by molar-refractivity contribution is 7.98. The second-order valence-electron chi connectivity index (χ2n) is 3.76. The summed E-state index contributed by atoms with van der Waals surface area (Å²) in [6.07, 6.45) is 3.74. The van der Waals surface area contributed by atoms with Crippen molar-refractivity contribution in [2.24, 2.45) is 7.05 Å². The zero-order valence-electron chi connectivity index (χ0n) is 10.8. The Kier molecular flexibility index (Phi) is 4.16. The average Bonchev–Trinajstić information content (AvgIpc) is 2.43. The highest BCUT2D eigenvalue weighted by atomic mass is 32.2. The molecule has 1 aromatic heterocycles. The van der Waals surface area contributed by atoms with E-state index < -0.39 is 5.69 Å². The van der Waals surface area contributed by atoms with Crippen LogP contribution in [-0.2, 0) is 7.05 Å². The Labute approximate surface area is 118 Å². The summed E-state index contributed by atoms with van der Waals surface area (Å²) in [7, 11) is 1.60. The molecule has 2 aromatic rings. The van der Waals surface area contributed by atoms with Crippen molar-refractivity contribution in [1.82, 2.24) is 14.1 Å². The van der Waals surface area contributed by atoms with Crippen LogP contribution in [0, 0.1) is 0 Å². The lowest BCUT2D eigenvalue weighted by atomic mass is 10.3. The molecule has 0 unspecified atom stereocenters. The molecular weight excluding hydrogens is 282 g/mol. The second kappa shape index (κ2) is 5.66. The van der Waals surface area contributed by atoms with Crippen LogP contribution in [-0.4, -0.2) is 26.6 Å². The summed E-state index contributed by atoms with van der Waals surface area (Å²) >= 11 is 2.87. The summed E-state index contributed by atoms with van der Waals surface area (Å²) < 4.78 is 2.44. The van der Waals surface area contributed by atoms with E-state index >= 15 is 0 Å². The first-order valence-corrected chi connectivity index (χ1v) is 7.92. The van der Waals surface area contributed by atoms with Crippen LogP contribution in [0.2, 0.25) is 0 Å². The Morgan fingerprint density at radius 1 is 1.05 bits per heavy atom. The number of rotatable bonds is 3. The van der Waals surface area contributed by atoms with Gasteiger partial charge in [0, 0.05) is 11.9 Å². The summed E-state index contributed by atoms with van der Waals surface area (Å²) in [4.78, 5) is 29.1. The van der Waals surface area contributed by atoms with Crippen LogP contribution in [0.1, 0.15) is 0 Å². The van der Waals surface area contributed by atoms with E-state index in [1.807, 2.05) is 18.4 Å². The zero-order valence-corrected chi connectivity index (χ0v) is 12.4. The van der Waals surface area contributed by atoms with Gasteiger partial charge < -0.3 is 0 Å². The minimum atomic E-state index is -0.552. The summed E-state index contributed by atoms with van der Waals surface area (Å²) in [5.41, 5.74) is -0.408. The van der Waals surface area contributed by atoms with Gasteiger partial charge in [-0.05, 0) is 36.8 Å². The Morgan fingerprint density at radius 2 is 1.68 bits per heavy atom. The molecule has 2 rings (SSSR count). The van der Waals surface area contributed by atoms with Crippen molar-refractivity contribution >= 4 is 23.5 Å². The summed E-state index contributed by atoms with van der Waals surface area (Å²) in [5.74, 6) is 0. The van der Waals surface area contributed by atoms with E-state index in [2.05, 4.69) is 4.98 Å². The van der Waals surface area contributed by atoms with E-state index in [1.54, 1.807) is 37.2 Å². The number of benzene rings is 1. The van der Waals surface area contributed by atoms with E-state index in [-0.39, 0.29) is 5.69 Å². The predicted molar refractivity (Wildman–Crippen MR) is 78.6 cm³/mol. The van der Waals surface area contributed by atoms with Crippen LogP contribution in [0.25, 0.3) is 5.69 Å². The molecule has 0 saturated heterocycles. The van der Waals surface area contributed by atoms with E-state index in [1.165, 1.54) is 16.3 Å². The summed E-state index contributed by atoms with van der Waals surface area (Å²) in [6.45, 7) is 0. The Morgan fingerprint density at radius 3 is 2.21 bits per heavy atom. The highest BCUT2D eigenvalue weighted by Gasteiger charge is 2.11. The molecule has 0 fully saturated rings. The van der Waals surface area contributed by atoms with E-state index in [4.69, 9.17) is 0 Å². The first-order valence-electron chi connectivity index (χ1n) is 5.47. The minimum Gasteiger partial charge on any atom is -0.275 e. The molecule has 0 aliphatic rings. The van der Waals surface area contributed by atoms with Crippen molar-refractivity contribution in [2.75, 3.05) is 12.5 Å². The van der Waals surface area contributed by atoms with E-state index in [0.29, 0.717) is 10.8 Å². The second-order valence-corrected chi connectivity index (χ2v) is 5.41. The summed E-state index contributed by atoms with van der Waals surface area (Å²) in [6, 6.07) is 7.23. The Balaban J connectivity index is 2.65. The van der Waals surface area contributed by atoms with Crippen LogP contribution in [0.15, 0.2) is 43.9 Å². The highest BCUT2D eigenvalue weighted by Crippen LogP contribution is 2.15. The number of aromatic nitrogens is 3. The SMILES string of the molecule is CSc1ccc(-n2c(=O)nc(SC)n(C)c2=O)cc1. The minimum absolute atomic E-state index is 0.388. The van der Waals surface area contributed by atoms with Gasteiger partial charge in [-0.3, -0.25) is 4.57 Å². The molecule has 0 amide bonds. The zero-order chi connectivity index (χ0) is 14.0. The fraction of sp³-hybridized carbons (Fsp3) is 0.250. The molecule has 7 heteroatoms. The maximum atomic E-state index is 12.2. The number of hydrogen-bond donors (Lipinski definition) is 0. The van der Waals surface area contributed by atoms with Crippen molar-refractivity contribution < 1.29 is 0 Å². The number of nitrogens with zero attached hydrogens (tertiary/aromatic N) is 3. The van der Waals surface area contributed by atoms with Gasteiger partial charge in [-0.2, -0.15) is 4.98 Å². The molecule has 0 aliphatic carbocycles. The Hall–Kier alpha value is -1.47. The largest absolute Gasteiger partial charge is 0.358 e. The van der Waals surface area contributed by atoms with Crippen LogP contribution in [0.3, 0.4) is 0 Å². The van der Waals surface area contributed by atoms with Gasteiger partial charge in [-0.15, -0.1) is 11.8 Å². The molecule has 0 aliphatic heterocycles. The number of hydrogen-bond acceptors (Lipinski definition) is 5. The maximum absolute atomic E-state index is 12.2. The third-order valence-electron chi connectivity index (χ3n) is 2.66. The third-order valence-corrected chi connectivity index (χ3v) is 4.13. The molecule has 0 spiro atoms. The molecule has 5 nitrogen and oxygen atoms in total. The molecular formula is C12H13N3O2S2. The van der Waals surface area contributed by atoms with Crippen molar-refractivity contribution in [3.05, 3.63) is 45.2 Å². The smallest absolute Gasteiger partial charge is 0.275 e. The molecule has 0 radical (unpaired) electrons. The van der Waals surface area contributed by atoms with Gasteiger partial charge in [0.05, 0.1) is 5.69 Å². The topological polar surface area (TPSA) is 56.9 Å². The van der Waals surface area contributed by atoms with Crippen LogP contribution >= 0.6 is 23.5 Å². The van der Waals surface area contributed by atoms with E-state index in [0.717, 1.165) is 9.46 Å². The molecule has 1 heterocycles. The lowest BCUT2D eigenvalue weighted by molar-refractivity contribution is 0.613. The van der Waals surface area contributed by atoms with E-state index in [9.17, 15) is 9.59 Å². The van der Waals surface area contributed by atoms with Crippen molar-refractivity contribution in [3.8, 4) is 5.69 Å². The van der Waals surface area contributed by atoms with Crippen molar-refractivity contribution in [1.29, 1.82) is 0 Å². The first kappa shape index (κ1) is 14.0. The average molecular weight is 295 g/mol. The molecule has 19 heavy (non-hydrogen) atoms. The van der Waals surface area contributed by atoms with Crippen molar-refractivity contribution in [2.45, 2.75) is 10.1 Å². The summed E-state index contributed by atoms with van der Waals surface area (Å²) in [5, 5.41) is 0.409. The molecule has 0 saturated carbocycles. The Bertz CT molecular complexity index is 704. The van der Waals surface area contributed by atoms with Gasteiger partial charge in [0.2, 0.25) is 0 Å². The lowest BCUT2D eigenvalue weighted by Crippen LogP contribution is -2.40. The quantitative estimate of drug-likeness (QED) is 0.801. The molecule has 0 atom stereocenters. The van der Waals surface area contributed by atoms with Gasteiger partial charge in [-0.25, -0.2) is 14.2 Å². The lowest BCUT2D eigenvalue weighted by Gasteiger charge is -2.09. The van der Waals surface area contributed by atoms with Gasteiger partial charge in [-0.1, -0.05) is 11.8 Å². The molecule has 0 N–H and O–H groups in total. The van der Waals surface area contributed by atoms with Gasteiger partial charge >= 0.3 is 11.4 Å². The molecule has 100 valence electrons. The van der Waals surface area contributed by atoms with Crippen LogP contribution < -0.4 is 11.4 Å². The molecule has 1 aromatic carbocycles. The fourth-order valence-corrected chi connectivity index (χ4v) is 2.58. The predicted octanol–water partition coefficient (Wildman–Crippen LogP) is 1.37. The monoisotopic (exact) mass is 295 g/mol. The fourth-order valence-electron chi connectivity index (χ4n) is 1.66. The van der Waals surface area contributed by atoms with Crippen LogP contribution in [0.4, 0.5) is 0 Å². The van der Waals surface area contributed by atoms with Gasteiger partial charge in [0.25, 0.3) is 0 Å². The number of thioether (sulfide) groups is 2. The first-order chi connectivity index (χ1) is 9.08. The van der Waals surface area contributed by atoms with Gasteiger partial charge in [0.1, 0.15) is 0 Å². The molecule has 0 bridgehead atoms. The van der Waals surface area contributed by atoms with Crippen molar-refractivity contribution in [3.63, 3.8) is 0 Å². The standard InChI is InChI=1S/C12H13N3O2S2/c1-14-11(19-3)13-10(16)15(12(14)17)8-4-6-9(18-2)7-5-8/h4-7H,1-3H3. The third kappa shape index (κ3) is 2.62.